The van der Waals surface area contributed by atoms with Crippen molar-refractivity contribution in [3.8, 4) is 0 Å². The van der Waals surface area contributed by atoms with Gasteiger partial charge in [-0.25, -0.2) is 9.59 Å². The van der Waals surface area contributed by atoms with Crippen molar-refractivity contribution in [3.05, 3.63) is 22.4 Å². The van der Waals surface area contributed by atoms with E-state index in [1.54, 1.807) is 17.5 Å². The minimum atomic E-state index is -1.10. The molecule has 1 aliphatic rings. The van der Waals surface area contributed by atoms with Gasteiger partial charge in [0, 0.05) is 23.9 Å². The van der Waals surface area contributed by atoms with Crippen molar-refractivity contribution in [1.29, 1.82) is 0 Å². The lowest BCUT2D eigenvalue weighted by Crippen LogP contribution is -2.48. The Morgan fingerprint density at radius 2 is 2.05 bits per heavy atom. The van der Waals surface area contributed by atoms with Gasteiger partial charge in [0.15, 0.2) is 6.04 Å². The number of rotatable bonds is 4. The van der Waals surface area contributed by atoms with E-state index >= 15 is 0 Å². The van der Waals surface area contributed by atoms with Crippen molar-refractivity contribution in [1.82, 2.24) is 10.2 Å². The molecule has 7 nitrogen and oxygen atoms in total. The van der Waals surface area contributed by atoms with Gasteiger partial charge in [0.1, 0.15) is 0 Å². The van der Waals surface area contributed by atoms with Crippen LogP contribution in [-0.4, -0.2) is 41.0 Å². The number of carbonyl (C=O) groups excluding carboxylic acids is 2. The molecule has 1 unspecified atom stereocenters. The molecule has 114 valence electrons. The number of primary amides is 1. The Morgan fingerprint density at radius 3 is 2.52 bits per heavy atom. The Kier molecular flexibility index (Phi) is 4.79. The van der Waals surface area contributed by atoms with Crippen LogP contribution in [0.25, 0.3) is 0 Å². The van der Waals surface area contributed by atoms with Gasteiger partial charge in [-0.15, -0.1) is 11.3 Å². The largest absolute Gasteiger partial charge is 0.479 e. The Bertz CT molecular complexity index is 524. The summed E-state index contributed by atoms with van der Waals surface area (Å²) in [6.07, 6.45) is 1.03. The minimum Gasteiger partial charge on any atom is -0.479 e. The Hall–Kier alpha value is -2.09. The molecule has 0 saturated carbocycles. The molecule has 0 aromatic carbocycles. The Morgan fingerprint density at radius 1 is 1.38 bits per heavy atom. The predicted molar refractivity (Wildman–Crippen MR) is 76.7 cm³/mol. The zero-order valence-electron chi connectivity index (χ0n) is 11.3. The standard InChI is InChI=1S/C13H17N3O4S/c14-11(17)8-3-5-16(6-4-8)13(20)15-10(12(18)19)9-2-1-7-21-9/h1-2,7-8,10H,3-6H2,(H2,14,17)(H,15,20)(H,18,19). The van der Waals surface area contributed by atoms with Crippen LogP contribution in [0.15, 0.2) is 17.5 Å². The maximum atomic E-state index is 12.1. The van der Waals surface area contributed by atoms with Crippen molar-refractivity contribution in [2.75, 3.05) is 13.1 Å². The normalized spacial score (nSPS) is 17.2. The third-order valence-electron chi connectivity index (χ3n) is 3.53. The van der Waals surface area contributed by atoms with Crippen molar-refractivity contribution >= 4 is 29.2 Å². The summed E-state index contributed by atoms with van der Waals surface area (Å²) in [4.78, 5) is 36.6. The number of piperidine rings is 1. The van der Waals surface area contributed by atoms with E-state index in [9.17, 15) is 19.5 Å². The molecule has 0 spiro atoms. The van der Waals surface area contributed by atoms with Gasteiger partial charge >= 0.3 is 12.0 Å². The average Bonchev–Trinajstić information content (AvgIpc) is 2.98. The molecule has 3 amide bonds. The van der Waals surface area contributed by atoms with E-state index in [1.807, 2.05) is 0 Å². The number of urea groups is 1. The molecule has 0 bridgehead atoms. The number of hydrogen-bond acceptors (Lipinski definition) is 4. The Labute approximate surface area is 125 Å². The van der Waals surface area contributed by atoms with Gasteiger partial charge in [-0.05, 0) is 24.3 Å². The maximum Gasteiger partial charge on any atom is 0.331 e. The van der Waals surface area contributed by atoms with E-state index in [2.05, 4.69) is 5.32 Å². The van der Waals surface area contributed by atoms with Crippen LogP contribution in [0.4, 0.5) is 4.79 Å². The van der Waals surface area contributed by atoms with E-state index in [0.29, 0.717) is 30.8 Å². The predicted octanol–water partition coefficient (Wildman–Crippen LogP) is 0.781. The molecule has 1 fully saturated rings. The number of carboxylic acids is 1. The van der Waals surface area contributed by atoms with Crippen molar-refractivity contribution in [3.63, 3.8) is 0 Å². The number of nitrogens with zero attached hydrogens (tertiary/aromatic N) is 1. The van der Waals surface area contributed by atoms with Crippen molar-refractivity contribution < 1.29 is 19.5 Å². The number of thiophene rings is 1. The summed E-state index contributed by atoms with van der Waals surface area (Å²) in [6.45, 7) is 0.798. The summed E-state index contributed by atoms with van der Waals surface area (Å²) < 4.78 is 0. The van der Waals surface area contributed by atoms with Crippen LogP contribution < -0.4 is 11.1 Å². The van der Waals surface area contributed by atoms with Crippen molar-refractivity contribution in [2.24, 2.45) is 11.7 Å². The zero-order valence-corrected chi connectivity index (χ0v) is 12.1. The first-order chi connectivity index (χ1) is 9.99. The van der Waals surface area contributed by atoms with Crippen LogP contribution in [-0.2, 0) is 9.59 Å². The fraction of sp³-hybridized carbons (Fsp3) is 0.462. The van der Waals surface area contributed by atoms with Gasteiger partial charge in [0.25, 0.3) is 0 Å². The highest BCUT2D eigenvalue weighted by Crippen LogP contribution is 2.21. The minimum absolute atomic E-state index is 0.207. The van der Waals surface area contributed by atoms with Crippen LogP contribution in [0.1, 0.15) is 23.8 Å². The quantitative estimate of drug-likeness (QED) is 0.762. The molecule has 1 aliphatic heterocycles. The molecule has 1 saturated heterocycles. The number of nitrogens with two attached hydrogens (primary N) is 1. The summed E-state index contributed by atoms with van der Waals surface area (Å²) in [5.74, 6) is -1.66. The number of nitrogens with one attached hydrogen (secondary N) is 1. The number of carboxylic acid groups (broad SMARTS) is 1. The molecular formula is C13H17N3O4S. The lowest BCUT2D eigenvalue weighted by Gasteiger charge is -2.31. The summed E-state index contributed by atoms with van der Waals surface area (Å²) >= 11 is 1.28. The number of likely N-dealkylation sites (tertiary alicyclic amines) is 1. The van der Waals surface area contributed by atoms with Gasteiger partial charge < -0.3 is 21.1 Å². The molecule has 0 aliphatic carbocycles. The number of amides is 3. The fourth-order valence-corrected chi connectivity index (χ4v) is 3.06. The molecule has 1 aromatic heterocycles. The average molecular weight is 311 g/mol. The maximum absolute atomic E-state index is 12.1. The van der Waals surface area contributed by atoms with Crippen LogP contribution in [0.2, 0.25) is 0 Å². The van der Waals surface area contributed by atoms with E-state index in [-0.39, 0.29) is 11.8 Å². The van der Waals surface area contributed by atoms with E-state index in [4.69, 9.17) is 5.73 Å². The molecule has 2 heterocycles. The van der Waals surface area contributed by atoms with Crippen LogP contribution >= 0.6 is 11.3 Å². The highest BCUT2D eigenvalue weighted by Gasteiger charge is 2.29. The summed E-state index contributed by atoms with van der Waals surface area (Å²) in [7, 11) is 0. The number of carbonyl (C=O) groups is 3. The van der Waals surface area contributed by atoms with Crippen LogP contribution in [0.3, 0.4) is 0 Å². The van der Waals surface area contributed by atoms with Crippen LogP contribution in [0.5, 0.6) is 0 Å². The van der Waals surface area contributed by atoms with Crippen molar-refractivity contribution in [2.45, 2.75) is 18.9 Å². The summed E-state index contributed by atoms with van der Waals surface area (Å²) in [5.41, 5.74) is 5.24. The molecular weight excluding hydrogens is 294 g/mol. The second-order valence-corrected chi connectivity index (χ2v) is 5.88. The smallest absolute Gasteiger partial charge is 0.331 e. The highest BCUT2D eigenvalue weighted by molar-refractivity contribution is 7.10. The number of hydrogen-bond donors (Lipinski definition) is 3. The lowest BCUT2D eigenvalue weighted by atomic mass is 9.96. The van der Waals surface area contributed by atoms with Gasteiger partial charge in [0.2, 0.25) is 5.91 Å². The zero-order chi connectivity index (χ0) is 15.4. The van der Waals surface area contributed by atoms with Crippen LogP contribution in [0, 0.1) is 5.92 Å². The van der Waals surface area contributed by atoms with E-state index in [0.717, 1.165) is 0 Å². The van der Waals surface area contributed by atoms with E-state index in [1.165, 1.54) is 16.2 Å². The Balaban J connectivity index is 1.94. The summed E-state index contributed by atoms with van der Waals surface area (Å²) in [6, 6.07) is 1.92. The van der Waals surface area contributed by atoms with Gasteiger partial charge in [-0.3, -0.25) is 4.79 Å². The molecule has 0 radical (unpaired) electrons. The third kappa shape index (κ3) is 3.72. The van der Waals surface area contributed by atoms with Gasteiger partial charge in [-0.1, -0.05) is 6.07 Å². The van der Waals surface area contributed by atoms with Gasteiger partial charge in [-0.2, -0.15) is 0 Å². The lowest BCUT2D eigenvalue weighted by molar-refractivity contribution is -0.139. The highest BCUT2D eigenvalue weighted by atomic mass is 32.1. The topological polar surface area (TPSA) is 113 Å². The molecule has 2 rings (SSSR count). The fourth-order valence-electron chi connectivity index (χ4n) is 2.29. The molecule has 1 aromatic rings. The molecule has 8 heteroatoms. The SMILES string of the molecule is NC(=O)C1CCN(C(=O)NC(C(=O)O)c2cccs2)CC1. The molecule has 1 atom stereocenters. The molecule has 21 heavy (non-hydrogen) atoms. The second kappa shape index (κ2) is 6.57. The first-order valence-electron chi connectivity index (χ1n) is 6.60. The first kappa shape index (κ1) is 15.3. The van der Waals surface area contributed by atoms with E-state index < -0.39 is 18.0 Å². The van der Waals surface area contributed by atoms with Gasteiger partial charge in [0.05, 0.1) is 0 Å². The monoisotopic (exact) mass is 311 g/mol. The summed E-state index contributed by atoms with van der Waals surface area (Å²) in [5, 5.41) is 13.5. The third-order valence-corrected chi connectivity index (χ3v) is 4.46. The molecule has 4 N–H and O–H groups in total. The number of aliphatic carboxylic acids is 1. The first-order valence-corrected chi connectivity index (χ1v) is 7.48. The second-order valence-electron chi connectivity index (χ2n) is 4.90.